The molecule has 1 N–H and O–H groups in total. The van der Waals surface area contributed by atoms with Crippen LogP contribution in [0.4, 0.5) is 0 Å². The van der Waals surface area contributed by atoms with E-state index in [1.54, 1.807) is 0 Å². The number of hydrogen-bond donors (Lipinski definition) is 1. The van der Waals surface area contributed by atoms with Crippen molar-refractivity contribution in [2.45, 2.75) is 40.0 Å². The summed E-state index contributed by atoms with van der Waals surface area (Å²) in [4.78, 5) is 6.81. The molecule has 0 amide bonds. The quantitative estimate of drug-likeness (QED) is 0.369. The molecule has 0 radical (unpaired) electrons. The lowest BCUT2D eigenvalue weighted by molar-refractivity contribution is 0.273. The molecule has 0 aliphatic carbocycles. The number of halogens is 1. The smallest absolute Gasteiger partial charge is 0.193 e. The normalized spacial score (nSPS) is 15.4. The number of piperidine rings is 1. The Morgan fingerprint density at radius 2 is 1.81 bits per heavy atom. The molecule has 0 spiro atoms. The van der Waals surface area contributed by atoms with Gasteiger partial charge in [0, 0.05) is 26.7 Å². The van der Waals surface area contributed by atoms with E-state index in [0.717, 1.165) is 49.4 Å². The summed E-state index contributed by atoms with van der Waals surface area (Å²) < 4.78 is 11.3. The lowest BCUT2D eigenvalue weighted by atomic mass is 9.99. The second-order valence-electron chi connectivity index (χ2n) is 6.54. The fourth-order valence-corrected chi connectivity index (χ4v) is 3.12. The van der Waals surface area contributed by atoms with E-state index in [0.29, 0.717) is 13.2 Å². The molecule has 0 bridgehead atoms. The van der Waals surface area contributed by atoms with E-state index in [9.17, 15) is 0 Å². The molecule has 148 valence electrons. The zero-order chi connectivity index (χ0) is 18.1. The molecule has 0 unspecified atom stereocenters. The lowest BCUT2D eigenvalue weighted by Gasteiger charge is -2.32. The Kier molecular flexibility index (Phi) is 10.8. The van der Waals surface area contributed by atoms with Gasteiger partial charge in [-0.25, -0.2) is 0 Å². The molecule has 1 fully saturated rings. The van der Waals surface area contributed by atoms with Gasteiger partial charge in [0.05, 0.1) is 13.2 Å². The number of benzene rings is 1. The van der Waals surface area contributed by atoms with Crippen molar-refractivity contribution in [2.24, 2.45) is 10.9 Å². The van der Waals surface area contributed by atoms with Crippen molar-refractivity contribution in [2.75, 3.05) is 39.9 Å². The highest BCUT2D eigenvalue weighted by Crippen LogP contribution is 2.28. The number of nitrogens with zero attached hydrogens (tertiary/aromatic N) is 2. The number of guanidine groups is 1. The number of likely N-dealkylation sites (tertiary alicyclic amines) is 1. The standard InChI is InChI=1S/C20H33N3O2.HI/c1-5-24-18-8-7-17(15-19(18)25-6-2)9-12-22-20(21-4)23-13-10-16(3)11-14-23;/h7-8,15-16H,5-6,9-14H2,1-4H3,(H,21,22);1H. The highest BCUT2D eigenvalue weighted by atomic mass is 127. The van der Waals surface area contributed by atoms with Crippen LogP contribution in [-0.4, -0.2) is 50.8 Å². The second kappa shape index (κ2) is 12.3. The summed E-state index contributed by atoms with van der Waals surface area (Å²) in [5.41, 5.74) is 1.24. The molecule has 0 atom stereocenters. The van der Waals surface area contributed by atoms with E-state index in [2.05, 4.69) is 34.3 Å². The lowest BCUT2D eigenvalue weighted by Crippen LogP contribution is -2.45. The molecule has 1 heterocycles. The van der Waals surface area contributed by atoms with Gasteiger partial charge in [-0.15, -0.1) is 24.0 Å². The van der Waals surface area contributed by atoms with Crippen molar-refractivity contribution in [1.82, 2.24) is 10.2 Å². The van der Waals surface area contributed by atoms with Crippen LogP contribution in [0.15, 0.2) is 23.2 Å². The van der Waals surface area contributed by atoms with Gasteiger partial charge in [0.15, 0.2) is 17.5 Å². The molecular formula is C20H34IN3O2. The van der Waals surface area contributed by atoms with Crippen molar-refractivity contribution in [3.05, 3.63) is 23.8 Å². The third-order valence-corrected chi connectivity index (χ3v) is 4.60. The zero-order valence-electron chi connectivity index (χ0n) is 16.6. The van der Waals surface area contributed by atoms with Crippen molar-refractivity contribution in [1.29, 1.82) is 0 Å². The van der Waals surface area contributed by atoms with E-state index in [4.69, 9.17) is 9.47 Å². The maximum Gasteiger partial charge on any atom is 0.193 e. The zero-order valence-corrected chi connectivity index (χ0v) is 18.9. The summed E-state index contributed by atoms with van der Waals surface area (Å²) in [7, 11) is 1.87. The van der Waals surface area contributed by atoms with Crippen LogP contribution in [-0.2, 0) is 6.42 Å². The van der Waals surface area contributed by atoms with E-state index >= 15 is 0 Å². The molecule has 5 nitrogen and oxygen atoms in total. The Balaban J connectivity index is 0.00000338. The second-order valence-corrected chi connectivity index (χ2v) is 6.54. The molecule has 1 aliphatic rings. The van der Waals surface area contributed by atoms with Gasteiger partial charge < -0.3 is 19.7 Å². The van der Waals surface area contributed by atoms with Crippen LogP contribution in [0, 0.1) is 5.92 Å². The van der Waals surface area contributed by atoms with Gasteiger partial charge >= 0.3 is 0 Å². The highest BCUT2D eigenvalue weighted by Gasteiger charge is 2.18. The molecule has 26 heavy (non-hydrogen) atoms. The molecule has 1 aromatic carbocycles. The van der Waals surface area contributed by atoms with Crippen LogP contribution in [0.3, 0.4) is 0 Å². The summed E-state index contributed by atoms with van der Waals surface area (Å²) >= 11 is 0. The molecule has 2 rings (SSSR count). The minimum Gasteiger partial charge on any atom is -0.490 e. The molecular weight excluding hydrogens is 441 g/mol. The third-order valence-electron chi connectivity index (χ3n) is 4.60. The molecule has 6 heteroatoms. The van der Waals surface area contributed by atoms with Crippen LogP contribution in [0.2, 0.25) is 0 Å². The first-order valence-corrected chi connectivity index (χ1v) is 9.52. The fraction of sp³-hybridized carbons (Fsp3) is 0.650. The van der Waals surface area contributed by atoms with Crippen molar-refractivity contribution >= 4 is 29.9 Å². The van der Waals surface area contributed by atoms with Gasteiger partial charge in [0.25, 0.3) is 0 Å². The number of ether oxygens (including phenoxy) is 2. The minimum atomic E-state index is 0. The average molecular weight is 475 g/mol. The van der Waals surface area contributed by atoms with Gasteiger partial charge in [0.2, 0.25) is 0 Å². The Morgan fingerprint density at radius 1 is 1.15 bits per heavy atom. The first-order valence-electron chi connectivity index (χ1n) is 9.52. The largest absolute Gasteiger partial charge is 0.490 e. The number of nitrogens with one attached hydrogen (secondary N) is 1. The van der Waals surface area contributed by atoms with Crippen LogP contribution < -0.4 is 14.8 Å². The van der Waals surface area contributed by atoms with E-state index in [-0.39, 0.29) is 24.0 Å². The maximum atomic E-state index is 5.71. The molecule has 0 saturated carbocycles. The van der Waals surface area contributed by atoms with Gasteiger partial charge in [-0.2, -0.15) is 0 Å². The monoisotopic (exact) mass is 475 g/mol. The molecule has 1 saturated heterocycles. The van der Waals surface area contributed by atoms with E-state index in [1.165, 1.54) is 18.4 Å². The van der Waals surface area contributed by atoms with Crippen molar-refractivity contribution in [3.63, 3.8) is 0 Å². The maximum absolute atomic E-state index is 5.71. The van der Waals surface area contributed by atoms with Gasteiger partial charge in [0.1, 0.15) is 0 Å². The third kappa shape index (κ3) is 6.85. The molecule has 0 aromatic heterocycles. The number of rotatable bonds is 7. The van der Waals surface area contributed by atoms with Crippen LogP contribution in [0.25, 0.3) is 0 Å². The Hall–Kier alpha value is -1.18. The van der Waals surface area contributed by atoms with Crippen molar-refractivity contribution in [3.8, 4) is 11.5 Å². The van der Waals surface area contributed by atoms with Crippen LogP contribution >= 0.6 is 24.0 Å². The molecule has 1 aromatic rings. The van der Waals surface area contributed by atoms with Gasteiger partial charge in [-0.3, -0.25) is 4.99 Å². The highest BCUT2D eigenvalue weighted by molar-refractivity contribution is 14.0. The Labute approximate surface area is 175 Å². The first-order chi connectivity index (χ1) is 12.2. The van der Waals surface area contributed by atoms with E-state index in [1.807, 2.05) is 27.0 Å². The number of aliphatic imine (C=N–C) groups is 1. The topological polar surface area (TPSA) is 46.1 Å². The predicted molar refractivity (Wildman–Crippen MR) is 119 cm³/mol. The molecule has 1 aliphatic heterocycles. The van der Waals surface area contributed by atoms with Crippen LogP contribution in [0.1, 0.15) is 39.2 Å². The summed E-state index contributed by atoms with van der Waals surface area (Å²) in [5.74, 6) is 3.49. The van der Waals surface area contributed by atoms with Crippen molar-refractivity contribution < 1.29 is 9.47 Å². The summed E-state index contributed by atoms with van der Waals surface area (Å²) in [6, 6.07) is 6.20. The Morgan fingerprint density at radius 3 is 2.42 bits per heavy atom. The Bertz CT molecular complexity index is 558. The summed E-state index contributed by atoms with van der Waals surface area (Å²) in [5, 5.41) is 3.50. The number of hydrogen-bond acceptors (Lipinski definition) is 3. The first kappa shape index (κ1) is 22.9. The average Bonchev–Trinajstić information content (AvgIpc) is 2.62. The van der Waals surface area contributed by atoms with Gasteiger partial charge in [-0.05, 0) is 56.7 Å². The van der Waals surface area contributed by atoms with Crippen LogP contribution in [0.5, 0.6) is 11.5 Å². The van der Waals surface area contributed by atoms with Gasteiger partial charge in [-0.1, -0.05) is 13.0 Å². The SMILES string of the molecule is CCOc1ccc(CCNC(=NC)N2CCC(C)CC2)cc1OCC.I. The summed E-state index contributed by atoms with van der Waals surface area (Å²) in [6.07, 6.45) is 3.42. The predicted octanol–water partition coefficient (Wildman–Crippen LogP) is 3.95. The minimum absolute atomic E-state index is 0. The van der Waals surface area contributed by atoms with E-state index < -0.39 is 0 Å². The fourth-order valence-electron chi connectivity index (χ4n) is 3.12. The summed E-state index contributed by atoms with van der Waals surface area (Å²) in [6.45, 7) is 10.6.